The van der Waals surface area contributed by atoms with Gasteiger partial charge in [0.05, 0.1) is 5.75 Å². The first-order chi connectivity index (χ1) is 10.2. The molecule has 0 saturated carbocycles. The molecule has 7 heteroatoms. The van der Waals surface area contributed by atoms with Crippen molar-refractivity contribution in [1.29, 1.82) is 0 Å². The number of aromatic amines is 1. The molecule has 1 amide bonds. The number of amides is 1. The van der Waals surface area contributed by atoms with Gasteiger partial charge in [0, 0.05) is 24.5 Å². The van der Waals surface area contributed by atoms with Crippen LogP contribution in [-0.4, -0.2) is 39.9 Å². The van der Waals surface area contributed by atoms with Gasteiger partial charge in [-0.2, -0.15) is 5.10 Å². The molecule has 2 rings (SSSR count). The number of benzene rings is 1. The average molecular weight is 305 g/mol. The van der Waals surface area contributed by atoms with Crippen LogP contribution in [0.25, 0.3) is 0 Å². The van der Waals surface area contributed by atoms with Crippen LogP contribution in [0.5, 0.6) is 0 Å². The van der Waals surface area contributed by atoms with Crippen LogP contribution in [-0.2, 0) is 4.79 Å². The minimum absolute atomic E-state index is 0.0619. The highest BCUT2D eigenvalue weighted by atomic mass is 32.2. The van der Waals surface area contributed by atoms with E-state index in [1.807, 2.05) is 24.3 Å². The number of thioether (sulfide) groups is 1. The summed E-state index contributed by atoms with van der Waals surface area (Å²) in [5, 5.41) is 9.99. The van der Waals surface area contributed by atoms with Crippen LogP contribution in [0.15, 0.2) is 35.7 Å². The normalized spacial score (nSPS) is 10.4. The minimum atomic E-state index is -0.0619. The highest BCUT2D eigenvalue weighted by Crippen LogP contribution is 2.20. The summed E-state index contributed by atoms with van der Waals surface area (Å²) in [6.45, 7) is 6.11. The summed E-state index contributed by atoms with van der Waals surface area (Å²) < 4.78 is 0. The molecule has 0 aliphatic rings. The van der Waals surface area contributed by atoms with Gasteiger partial charge in [-0.05, 0) is 32.0 Å². The van der Waals surface area contributed by atoms with Crippen molar-refractivity contribution in [2.24, 2.45) is 0 Å². The van der Waals surface area contributed by atoms with Gasteiger partial charge in [0.1, 0.15) is 6.33 Å². The van der Waals surface area contributed by atoms with E-state index in [2.05, 4.69) is 39.2 Å². The Labute approximate surface area is 128 Å². The van der Waals surface area contributed by atoms with Crippen LogP contribution < -0.4 is 10.2 Å². The van der Waals surface area contributed by atoms with Crippen LogP contribution >= 0.6 is 11.8 Å². The molecule has 0 atom stereocenters. The topological polar surface area (TPSA) is 73.9 Å². The third-order valence-electron chi connectivity index (χ3n) is 2.99. The zero-order valence-electron chi connectivity index (χ0n) is 12.2. The molecule has 6 nitrogen and oxygen atoms in total. The fourth-order valence-electron chi connectivity index (χ4n) is 1.96. The lowest BCUT2D eigenvalue weighted by molar-refractivity contribution is -0.113. The molecule has 0 spiro atoms. The Morgan fingerprint density at radius 3 is 2.86 bits per heavy atom. The fourth-order valence-corrected chi connectivity index (χ4v) is 2.54. The van der Waals surface area contributed by atoms with Gasteiger partial charge >= 0.3 is 0 Å². The van der Waals surface area contributed by atoms with E-state index in [1.165, 1.54) is 18.1 Å². The van der Waals surface area contributed by atoms with Gasteiger partial charge in [0.2, 0.25) is 5.91 Å². The van der Waals surface area contributed by atoms with E-state index in [9.17, 15) is 4.79 Å². The van der Waals surface area contributed by atoms with Gasteiger partial charge in [0.15, 0.2) is 5.16 Å². The zero-order chi connectivity index (χ0) is 15.1. The largest absolute Gasteiger partial charge is 0.372 e. The van der Waals surface area contributed by atoms with Crippen molar-refractivity contribution in [2.75, 3.05) is 29.1 Å². The molecule has 1 aromatic carbocycles. The first-order valence-electron chi connectivity index (χ1n) is 6.86. The van der Waals surface area contributed by atoms with Crippen LogP contribution in [0.1, 0.15) is 13.8 Å². The van der Waals surface area contributed by atoms with Crippen molar-refractivity contribution in [3.05, 3.63) is 30.6 Å². The monoisotopic (exact) mass is 305 g/mol. The molecule has 0 saturated heterocycles. The lowest BCUT2D eigenvalue weighted by atomic mass is 10.2. The van der Waals surface area contributed by atoms with Gasteiger partial charge in [-0.25, -0.2) is 4.98 Å². The Morgan fingerprint density at radius 2 is 2.19 bits per heavy atom. The van der Waals surface area contributed by atoms with Crippen LogP contribution in [0, 0.1) is 0 Å². The lowest BCUT2D eigenvalue weighted by Crippen LogP contribution is -2.22. The van der Waals surface area contributed by atoms with Gasteiger partial charge in [0.25, 0.3) is 0 Å². The van der Waals surface area contributed by atoms with Crippen molar-refractivity contribution in [1.82, 2.24) is 15.2 Å². The molecule has 1 heterocycles. The van der Waals surface area contributed by atoms with Crippen molar-refractivity contribution >= 4 is 29.0 Å². The first-order valence-corrected chi connectivity index (χ1v) is 7.84. The molecule has 21 heavy (non-hydrogen) atoms. The maximum absolute atomic E-state index is 11.9. The Balaban J connectivity index is 1.92. The summed E-state index contributed by atoms with van der Waals surface area (Å²) >= 11 is 1.32. The molecular weight excluding hydrogens is 286 g/mol. The summed E-state index contributed by atoms with van der Waals surface area (Å²) in [7, 11) is 0. The smallest absolute Gasteiger partial charge is 0.234 e. The first kappa shape index (κ1) is 15.4. The molecule has 0 aliphatic carbocycles. The van der Waals surface area contributed by atoms with Gasteiger partial charge in [-0.1, -0.05) is 17.8 Å². The highest BCUT2D eigenvalue weighted by molar-refractivity contribution is 7.99. The third-order valence-corrected chi connectivity index (χ3v) is 3.87. The predicted octanol–water partition coefficient (Wildman–Crippen LogP) is 2.38. The molecule has 0 unspecified atom stereocenters. The van der Waals surface area contributed by atoms with E-state index in [4.69, 9.17) is 0 Å². The van der Waals surface area contributed by atoms with Crippen molar-refractivity contribution in [2.45, 2.75) is 19.0 Å². The number of H-pyrrole nitrogens is 1. The molecule has 2 aromatic rings. The minimum Gasteiger partial charge on any atom is -0.372 e. The predicted molar refractivity (Wildman–Crippen MR) is 85.7 cm³/mol. The van der Waals surface area contributed by atoms with E-state index in [1.54, 1.807) is 0 Å². The SMILES string of the molecule is CCN(CC)c1cccc(NC(=O)CSc2ncn[nH]2)c1. The van der Waals surface area contributed by atoms with Crippen LogP contribution in [0.4, 0.5) is 11.4 Å². The summed E-state index contributed by atoms with van der Waals surface area (Å²) in [5.41, 5.74) is 1.92. The molecule has 1 aromatic heterocycles. The van der Waals surface area contributed by atoms with Crippen LogP contribution in [0.2, 0.25) is 0 Å². The standard InChI is InChI=1S/C14H19N5OS/c1-3-19(4-2)12-7-5-6-11(8-12)17-13(20)9-21-14-15-10-16-18-14/h5-8,10H,3-4,9H2,1-2H3,(H,17,20)(H,15,16,18). The number of nitrogens with zero attached hydrogens (tertiary/aromatic N) is 3. The van der Waals surface area contributed by atoms with E-state index < -0.39 is 0 Å². The second-order valence-electron chi connectivity index (χ2n) is 4.35. The number of rotatable bonds is 7. The second-order valence-corrected chi connectivity index (χ2v) is 5.31. The average Bonchev–Trinajstić information content (AvgIpc) is 3.00. The summed E-state index contributed by atoms with van der Waals surface area (Å²) in [6, 6.07) is 7.88. The Kier molecular flexibility index (Phi) is 5.62. The molecule has 0 aliphatic heterocycles. The Hall–Kier alpha value is -2.02. The van der Waals surface area contributed by atoms with E-state index in [0.29, 0.717) is 10.9 Å². The quantitative estimate of drug-likeness (QED) is 0.768. The molecular formula is C14H19N5OS. The molecule has 2 N–H and O–H groups in total. The number of hydrogen-bond donors (Lipinski definition) is 2. The van der Waals surface area contributed by atoms with Gasteiger partial charge < -0.3 is 10.2 Å². The Morgan fingerprint density at radius 1 is 1.38 bits per heavy atom. The maximum Gasteiger partial charge on any atom is 0.234 e. The van der Waals surface area contributed by atoms with E-state index >= 15 is 0 Å². The number of carbonyl (C=O) groups is 1. The van der Waals surface area contributed by atoms with Gasteiger partial charge in [-0.15, -0.1) is 0 Å². The van der Waals surface area contributed by atoms with Crippen molar-refractivity contribution < 1.29 is 4.79 Å². The molecule has 0 fully saturated rings. The number of carbonyl (C=O) groups excluding carboxylic acids is 1. The molecule has 112 valence electrons. The van der Waals surface area contributed by atoms with Crippen molar-refractivity contribution in [3.63, 3.8) is 0 Å². The number of anilines is 2. The second kappa shape index (κ2) is 7.68. The summed E-state index contributed by atoms with van der Waals surface area (Å²) in [4.78, 5) is 18.1. The van der Waals surface area contributed by atoms with Gasteiger partial charge in [-0.3, -0.25) is 9.89 Å². The maximum atomic E-state index is 11.9. The molecule has 0 radical (unpaired) electrons. The summed E-state index contributed by atoms with van der Waals surface area (Å²) in [6.07, 6.45) is 1.42. The van der Waals surface area contributed by atoms with E-state index in [-0.39, 0.29) is 5.91 Å². The van der Waals surface area contributed by atoms with E-state index in [0.717, 1.165) is 24.5 Å². The molecule has 0 bridgehead atoms. The number of nitrogens with one attached hydrogen (secondary N) is 2. The number of hydrogen-bond acceptors (Lipinski definition) is 5. The summed E-state index contributed by atoms with van der Waals surface area (Å²) in [5.74, 6) is 0.234. The lowest BCUT2D eigenvalue weighted by Gasteiger charge is -2.21. The zero-order valence-corrected chi connectivity index (χ0v) is 13.0. The Bertz CT molecular complexity index is 569. The number of aromatic nitrogens is 3. The highest BCUT2D eigenvalue weighted by Gasteiger charge is 2.07. The van der Waals surface area contributed by atoms with Crippen molar-refractivity contribution in [3.8, 4) is 0 Å². The fraction of sp³-hybridized carbons (Fsp3) is 0.357. The third kappa shape index (κ3) is 4.49. The van der Waals surface area contributed by atoms with Crippen LogP contribution in [0.3, 0.4) is 0 Å².